The normalized spacial score (nSPS) is 16.6. The highest BCUT2D eigenvalue weighted by atomic mass is 19.4. The zero-order chi connectivity index (χ0) is 11.2. The first kappa shape index (κ1) is 13.2. The molecular formula is C7H13F3N2O2. The zero-order valence-corrected chi connectivity index (χ0v) is 7.47. The molecule has 0 aromatic carbocycles. The number of nitrogens with one attached hydrogen (secondary N) is 1. The molecule has 0 atom stereocenters. The Labute approximate surface area is 79.3 Å². The van der Waals surface area contributed by atoms with Gasteiger partial charge in [0.1, 0.15) is 0 Å². The molecule has 0 saturated carbocycles. The third kappa shape index (κ3) is 5.76. The van der Waals surface area contributed by atoms with Gasteiger partial charge in [0.05, 0.1) is 0 Å². The fourth-order valence-corrected chi connectivity index (χ4v) is 0.788. The van der Waals surface area contributed by atoms with Crippen LogP contribution in [0.3, 0.4) is 0 Å². The first-order valence-electron chi connectivity index (χ1n) is 4.08. The second-order valence-electron chi connectivity index (χ2n) is 2.90. The Kier molecular flexibility index (Phi) is 5.47. The van der Waals surface area contributed by atoms with Crippen LogP contribution in [0.15, 0.2) is 0 Å². The lowest BCUT2D eigenvalue weighted by Crippen LogP contribution is -2.42. The predicted molar refractivity (Wildman–Crippen MR) is 43.7 cm³/mol. The van der Waals surface area contributed by atoms with E-state index in [0.29, 0.717) is 0 Å². The van der Waals surface area contributed by atoms with E-state index in [9.17, 15) is 13.2 Å². The molecule has 0 amide bonds. The van der Waals surface area contributed by atoms with Gasteiger partial charge in [0, 0.05) is 0 Å². The summed E-state index contributed by atoms with van der Waals surface area (Å²) in [5.41, 5.74) is 5.31. The zero-order valence-electron chi connectivity index (χ0n) is 7.47. The predicted octanol–water partition coefficient (Wildman–Crippen LogP) is 0.188. The van der Waals surface area contributed by atoms with Crippen molar-refractivity contribution in [1.82, 2.24) is 5.32 Å². The van der Waals surface area contributed by atoms with Gasteiger partial charge in [0.15, 0.2) is 0 Å². The fraction of sp³-hybridized carbons (Fsp3) is 0.857. The van der Waals surface area contributed by atoms with Gasteiger partial charge < -0.3 is 16.2 Å². The number of alkyl halides is 3. The van der Waals surface area contributed by atoms with Gasteiger partial charge >= 0.3 is 12.1 Å². The van der Waals surface area contributed by atoms with Gasteiger partial charge in [-0.25, -0.2) is 4.79 Å². The Balaban J connectivity index is 0.000000241. The molecule has 7 heteroatoms. The van der Waals surface area contributed by atoms with E-state index in [1.165, 1.54) is 19.5 Å². The van der Waals surface area contributed by atoms with Crippen LogP contribution in [0.1, 0.15) is 6.42 Å². The quantitative estimate of drug-likeness (QED) is 0.613. The Hall–Kier alpha value is -0.820. The van der Waals surface area contributed by atoms with Gasteiger partial charge in [0.25, 0.3) is 0 Å². The highest BCUT2D eigenvalue weighted by Crippen LogP contribution is 2.13. The molecule has 1 aliphatic rings. The summed E-state index contributed by atoms with van der Waals surface area (Å²) in [6.07, 6.45) is -3.88. The molecule has 4 N–H and O–H groups in total. The second-order valence-corrected chi connectivity index (χ2v) is 2.90. The molecule has 0 unspecified atom stereocenters. The van der Waals surface area contributed by atoms with Crippen molar-refractivity contribution in [2.45, 2.75) is 12.6 Å². The number of aliphatic carboxylic acids is 1. The highest BCUT2D eigenvalue weighted by Gasteiger charge is 2.38. The molecule has 1 aliphatic heterocycles. The standard InChI is InChI=1S/C5H12N2.C2HF3O2/c6-2-1-5-3-7-4-5;3-2(4,5)1(6)7/h5,7H,1-4,6H2;(H,6,7). The number of halogens is 3. The van der Waals surface area contributed by atoms with Crippen molar-refractivity contribution in [3.05, 3.63) is 0 Å². The molecule has 4 nitrogen and oxygen atoms in total. The van der Waals surface area contributed by atoms with Crippen molar-refractivity contribution in [1.29, 1.82) is 0 Å². The van der Waals surface area contributed by atoms with E-state index in [4.69, 9.17) is 15.6 Å². The number of nitrogens with two attached hydrogens (primary N) is 1. The van der Waals surface area contributed by atoms with Crippen molar-refractivity contribution in [2.75, 3.05) is 19.6 Å². The lowest BCUT2D eigenvalue weighted by molar-refractivity contribution is -0.192. The SMILES string of the molecule is NCCC1CNC1.O=C(O)C(F)(F)F. The molecule has 14 heavy (non-hydrogen) atoms. The molecule has 0 aromatic rings. The topological polar surface area (TPSA) is 75.3 Å². The van der Waals surface area contributed by atoms with Crippen molar-refractivity contribution < 1.29 is 23.1 Å². The van der Waals surface area contributed by atoms with Gasteiger partial charge in [-0.1, -0.05) is 0 Å². The van der Waals surface area contributed by atoms with Crippen LogP contribution < -0.4 is 11.1 Å². The molecule has 1 saturated heterocycles. The molecule has 0 aliphatic carbocycles. The minimum Gasteiger partial charge on any atom is -0.475 e. The molecule has 1 heterocycles. The average molecular weight is 214 g/mol. The van der Waals surface area contributed by atoms with Crippen molar-refractivity contribution in [3.8, 4) is 0 Å². The number of rotatable bonds is 2. The average Bonchev–Trinajstić information content (AvgIpc) is 1.96. The van der Waals surface area contributed by atoms with E-state index in [0.717, 1.165) is 12.5 Å². The largest absolute Gasteiger partial charge is 0.490 e. The summed E-state index contributed by atoms with van der Waals surface area (Å²) < 4.78 is 31.7. The molecule has 0 spiro atoms. The lowest BCUT2D eigenvalue weighted by atomic mass is 10.00. The Morgan fingerprint density at radius 2 is 1.93 bits per heavy atom. The number of carboxylic acid groups (broad SMARTS) is 1. The summed E-state index contributed by atoms with van der Waals surface area (Å²) in [6, 6.07) is 0. The summed E-state index contributed by atoms with van der Waals surface area (Å²) in [5.74, 6) is -1.86. The van der Waals surface area contributed by atoms with E-state index in [-0.39, 0.29) is 0 Å². The molecule has 0 aromatic heterocycles. The van der Waals surface area contributed by atoms with E-state index in [1.807, 2.05) is 0 Å². The van der Waals surface area contributed by atoms with Gasteiger partial charge in [-0.05, 0) is 32.0 Å². The number of carboxylic acids is 1. The van der Waals surface area contributed by atoms with Gasteiger partial charge in [0.2, 0.25) is 0 Å². The second kappa shape index (κ2) is 5.82. The van der Waals surface area contributed by atoms with Crippen LogP contribution in [0.25, 0.3) is 0 Å². The third-order valence-corrected chi connectivity index (χ3v) is 1.68. The van der Waals surface area contributed by atoms with Crippen molar-refractivity contribution in [3.63, 3.8) is 0 Å². The lowest BCUT2D eigenvalue weighted by Gasteiger charge is -2.26. The maximum atomic E-state index is 10.6. The number of carbonyl (C=O) groups is 1. The first-order valence-corrected chi connectivity index (χ1v) is 4.08. The molecule has 0 bridgehead atoms. The maximum Gasteiger partial charge on any atom is 0.490 e. The minimum atomic E-state index is -5.08. The Morgan fingerprint density at radius 3 is 2.00 bits per heavy atom. The molecule has 1 fully saturated rings. The van der Waals surface area contributed by atoms with Crippen molar-refractivity contribution >= 4 is 5.97 Å². The van der Waals surface area contributed by atoms with Crippen LogP contribution >= 0.6 is 0 Å². The van der Waals surface area contributed by atoms with E-state index in [1.54, 1.807) is 0 Å². The molecule has 0 radical (unpaired) electrons. The smallest absolute Gasteiger partial charge is 0.475 e. The number of hydrogen-bond donors (Lipinski definition) is 3. The van der Waals surface area contributed by atoms with Crippen LogP contribution in [0.2, 0.25) is 0 Å². The Bertz CT molecular complexity index is 180. The van der Waals surface area contributed by atoms with E-state index >= 15 is 0 Å². The highest BCUT2D eigenvalue weighted by molar-refractivity contribution is 5.73. The molecule has 1 rings (SSSR count). The third-order valence-electron chi connectivity index (χ3n) is 1.68. The molecule has 84 valence electrons. The van der Waals surface area contributed by atoms with Gasteiger partial charge in [-0.3, -0.25) is 0 Å². The van der Waals surface area contributed by atoms with Crippen molar-refractivity contribution in [2.24, 2.45) is 11.7 Å². The maximum absolute atomic E-state index is 10.6. The Morgan fingerprint density at radius 1 is 1.50 bits per heavy atom. The van der Waals surface area contributed by atoms with Crippen LogP contribution in [-0.2, 0) is 4.79 Å². The minimum absolute atomic E-state index is 0.854. The van der Waals surface area contributed by atoms with Crippen LogP contribution in [0, 0.1) is 5.92 Å². The van der Waals surface area contributed by atoms with Crippen LogP contribution in [0.5, 0.6) is 0 Å². The van der Waals surface area contributed by atoms with Gasteiger partial charge in [-0.15, -0.1) is 0 Å². The summed E-state index contributed by atoms with van der Waals surface area (Å²) in [7, 11) is 0. The molecular weight excluding hydrogens is 201 g/mol. The first-order chi connectivity index (χ1) is 6.38. The van der Waals surface area contributed by atoms with Gasteiger partial charge in [-0.2, -0.15) is 13.2 Å². The van der Waals surface area contributed by atoms with Crippen LogP contribution in [-0.4, -0.2) is 36.9 Å². The van der Waals surface area contributed by atoms with E-state index in [2.05, 4.69) is 5.32 Å². The van der Waals surface area contributed by atoms with E-state index < -0.39 is 12.1 Å². The summed E-state index contributed by atoms with van der Waals surface area (Å²) in [6.45, 7) is 3.24. The van der Waals surface area contributed by atoms with Crippen LogP contribution in [0.4, 0.5) is 13.2 Å². The monoisotopic (exact) mass is 214 g/mol. The summed E-state index contributed by atoms with van der Waals surface area (Å²) in [5, 5.41) is 10.3. The summed E-state index contributed by atoms with van der Waals surface area (Å²) in [4.78, 5) is 8.90. The fourth-order valence-electron chi connectivity index (χ4n) is 0.788. The summed E-state index contributed by atoms with van der Waals surface area (Å²) >= 11 is 0. The number of hydrogen-bond acceptors (Lipinski definition) is 3.